The Kier molecular flexibility index (Phi) is 6.44. The third-order valence-corrected chi connectivity index (χ3v) is 6.98. The van der Waals surface area contributed by atoms with Crippen LogP contribution in [-0.4, -0.2) is 68.7 Å². The largest absolute Gasteiger partial charge is 0.355 e. The lowest BCUT2D eigenvalue weighted by atomic mass is 10.0. The molecule has 3 rings (SSSR count). The van der Waals surface area contributed by atoms with Crippen LogP contribution in [0, 0.1) is 5.92 Å². The normalized spacial score (nSPS) is 22.8. The van der Waals surface area contributed by atoms with Crippen molar-refractivity contribution < 1.29 is 18.0 Å². The molecular formula is C18H25N3O4S2. The molecule has 2 aliphatic heterocycles. The molecule has 0 saturated carbocycles. The Morgan fingerprint density at radius 1 is 1.30 bits per heavy atom. The van der Waals surface area contributed by atoms with Crippen molar-refractivity contribution in [1.82, 2.24) is 15.5 Å². The van der Waals surface area contributed by atoms with Gasteiger partial charge in [0, 0.05) is 31.6 Å². The number of nitrogens with one attached hydrogen (secondary N) is 2. The zero-order valence-corrected chi connectivity index (χ0v) is 16.9. The van der Waals surface area contributed by atoms with E-state index in [1.807, 2.05) is 4.90 Å². The first kappa shape index (κ1) is 20.2. The molecule has 2 unspecified atom stereocenters. The molecule has 2 saturated heterocycles. The van der Waals surface area contributed by atoms with Gasteiger partial charge < -0.3 is 15.5 Å². The molecule has 27 heavy (non-hydrogen) atoms. The zero-order valence-electron chi connectivity index (χ0n) is 15.3. The zero-order chi connectivity index (χ0) is 19.4. The van der Waals surface area contributed by atoms with Gasteiger partial charge in [0.15, 0.2) is 9.84 Å². The van der Waals surface area contributed by atoms with Crippen molar-refractivity contribution in [1.29, 1.82) is 0 Å². The molecule has 1 aromatic rings. The van der Waals surface area contributed by atoms with Gasteiger partial charge in [-0.15, -0.1) is 11.8 Å². The first-order chi connectivity index (χ1) is 12.8. The molecule has 0 aromatic heterocycles. The number of nitrogens with zero attached hydrogens (tertiary/aromatic N) is 1. The summed E-state index contributed by atoms with van der Waals surface area (Å²) in [6.07, 6.45) is 2.10. The molecule has 0 aliphatic carbocycles. The maximum atomic E-state index is 12.4. The van der Waals surface area contributed by atoms with Crippen molar-refractivity contribution in [2.75, 3.05) is 37.5 Å². The number of hydrogen-bond donors (Lipinski definition) is 2. The number of carbonyl (C=O) groups is 2. The number of hydrogen-bond acceptors (Lipinski definition) is 6. The molecule has 7 nitrogen and oxygen atoms in total. The van der Waals surface area contributed by atoms with E-state index in [0.29, 0.717) is 6.54 Å². The number of amides is 2. The van der Waals surface area contributed by atoms with Crippen LogP contribution in [0.15, 0.2) is 29.2 Å². The lowest BCUT2D eigenvalue weighted by molar-refractivity contribution is -0.131. The topological polar surface area (TPSA) is 95.6 Å². The molecule has 2 aliphatic rings. The van der Waals surface area contributed by atoms with E-state index in [-0.39, 0.29) is 35.1 Å². The average molecular weight is 412 g/mol. The van der Waals surface area contributed by atoms with Gasteiger partial charge in [-0.05, 0) is 30.0 Å². The number of thioether (sulfide) groups is 1. The minimum atomic E-state index is -3.23. The second-order valence-electron chi connectivity index (χ2n) is 7.10. The third kappa shape index (κ3) is 5.46. The van der Waals surface area contributed by atoms with Gasteiger partial charge in [-0.25, -0.2) is 8.42 Å². The van der Waals surface area contributed by atoms with E-state index in [9.17, 15) is 18.0 Å². The van der Waals surface area contributed by atoms with Gasteiger partial charge in [0.1, 0.15) is 0 Å². The van der Waals surface area contributed by atoms with Gasteiger partial charge in [-0.1, -0.05) is 12.1 Å². The van der Waals surface area contributed by atoms with Crippen LogP contribution < -0.4 is 10.6 Å². The monoisotopic (exact) mass is 411 g/mol. The maximum Gasteiger partial charge on any atom is 0.240 e. The van der Waals surface area contributed by atoms with E-state index in [4.69, 9.17) is 0 Å². The first-order valence-electron chi connectivity index (χ1n) is 8.98. The molecule has 2 atom stereocenters. The van der Waals surface area contributed by atoms with Crippen LogP contribution in [0.1, 0.15) is 12.0 Å². The fraction of sp³-hybridized carbons (Fsp3) is 0.556. The predicted octanol–water partition coefficient (Wildman–Crippen LogP) is 0.260. The first-order valence-corrected chi connectivity index (χ1v) is 12.0. The highest BCUT2D eigenvalue weighted by Crippen LogP contribution is 2.20. The second kappa shape index (κ2) is 8.62. The predicted molar refractivity (Wildman–Crippen MR) is 105 cm³/mol. The van der Waals surface area contributed by atoms with Crippen LogP contribution in [0.5, 0.6) is 0 Å². The van der Waals surface area contributed by atoms with Gasteiger partial charge in [0.2, 0.25) is 11.8 Å². The second-order valence-corrected chi connectivity index (χ2v) is 10.2. The SMILES string of the molecule is CS(=O)(=O)c1ccc(CC(=O)NCC2CNC(C(=O)N3CCSC3)C2)cc1. The Morgan fingerprint density at radius 3 is 2.67 bits per heavy atom. The van der Waals surface area contributed by atoms with Crippen LogP contribution in [0.3, 0.4) is 0 Å². The van der Waals surface area contributed by atoms with Crippen molar-refractivity contribution in [3.63, 3.8) is 0 Å². The van der Waals surface area contributed by atoms with Crippen molar-refractivity contribution >= 4 is 33.4 Å². The molecule has 2 N–H and O–H groups in total. The van der Waals surface area contributed by atoms with Crippen LogP contribution in [0.4, 0.5) is 0 Å². The molecule has 2 amide bonds. The summed E-state index contributed by atoms with van der Waals surface area (Å²) < 4.78 is 22.9. The highest BCUT2D eigenvalue weighted by molar-refractivity contribution is 7.99. The summed E-state index contributed by atoms with van der Waals surface area (Å²) in [6.45, 7) is 2.08. The van der Waals surface area contributed by atoms with Crippen LogP contribution in [-0.2, 0) is 25.8 Å². The molecule has 9 heteroatoms. The minimum Gasteiger partial charge on any atom is -0.355 e. The molecule has 1 aromatic carbocycles. The van der Waals surface area contributed by atoms with Crippen molar-refractivity contribution in [3.05, 3.63) is 29.8 Å². The lowest BCUT2D eigenvalue weighted by Crippen LogP contribution is -2.42. The lowest BCUT2D eigenvalue weighted by Gasteiger charge is -2.19. The molecule has 2 fully saturated rings. The van der Waals surface area contributed by atoms with Crippen LogP contribution >= 0.6 is 11.8 Å². The fourth-order valence-corrected chi connectivity index (χ4v) is 4.91. The molecule has 0 bridgehead atoms. The Bertz CT molecular complexity index is 789. The summed E-state index contributed by atoms with van der Waals surface area (Å²) in [5, 5.41) is 6.19. The summed E-state index contributed by atoms with van der Waals surface area (Å²) in [5.41, 5.74) is 0.768. The summed E-state index contributed by atoms with van der Waals surface area (Å²) in [7, 11) is -3.23. The van der Waals surface area contributed by atoms with E-state index >= 15 is 0 Å². The van der Waals surface area contributed by atoms with Crippen molar-refractivity contribution in [2.24, 2.45) is 5.92 Å². The molecule has 2 heterocycles. The van der Waals surface area contributed by atoms with Gasteiger partial charge in [0.05, 0.1) is 23.2 Å². The summed E-state index contributed by atoms with van der Waals surface area (Å²) in [5.74, 6) is 2.08. The standard InChI is InChI=1S/C18H25N3O4S2/c1-27(24,25)15-4-2-13(3-5-15)9-17(22)20-11-14-8-16(19-10-14)18(23)21-6-7-26-12-21/h2-5,14,16,19H,6-12H2,1H3,(H,20,22). The van der Waals surface area contributed by atoms with Gasteiger partial charge in [0.25, 0.3) is 0 Å². The highest BCUT2D eigenvalue weighted by atomic mass is 32.2. The van der Waals surface area contributed by atoms with Crippen LogP contribution in [0.25, 0.3) is 0 Å². The van der Waals surface area contributed by atoms with Gasteiger partial charge >= 0.3 is 0 Å². The summed E-state index contributed by atoms with van der Waals surface area (Å²) >= 11 is 1.77. The van der Waals surface area contributed by atoms with Crippen LogP contribution in [0.2, 0.25) is 0 Å². The molecule has 148 valence electrons. The molecule has 0 radical (unpaired) electrons. The van der Waals surface area contributed by atoms with E-state index in [0.717, 1.165) is 43.0 Å². The fourth-order valence-electron chi connectivity index (χ4n) is 3.32. The molecule has 0 spiro atoms. The Morgan fingerprint density at radius 2 is 2.04 bits per heavy atom. The number of carbonyl (C=O) groups excluding carboxylic acids is 2. The number of sulfone groups is 1. The summed E-state index contributed by atoms with van der Waals surface area (Å²) in [6, 6.07) is 6.22. The Hall–Kier alpha value is -1.58. The summed E-state index contributed by atoms with van der Waals surface area (Å²) in [4.78, 5) is 26.7. The minimum absolute atomic E-state index is 0.104. The quantitative estimate of drug-likeness (QED) is 0.697. The van der Waals surface area contributed by atoms with Crippen molar-refractivity contribution in [3.8, 4) is 0 Å². The van der Waals surface area contributed by atoms with E-state index in [1.54, 1.807) is 23.9 Å². The third-order valence-electron chi connectivity index (χ3n) is 4.89. The number of benzene rings is 1. The number of rotatable bonds is 6. The molecular weight excluding hydrogens is 386 g/mol. The van der Waals surface area contributed by atoms with E-state index in [1.165, 1.54) is 12.1 Å². The Labute approximate surface area is 164 Å². The Balaban J connectivity index is 1.42. The smallest absolute Gasteiger partial charge is 0.240 e. The maximum absolute atomic E-state index is 12.4. The van der Waals surface area contributed by atoms with Crippen molar-refractivity contribution in [2.45, 2.75) is 23.8 Å². The van der Waals surface area contributed by atoms with Gasteiger partial charge in [-0.3, -0.25) is 9.59 Å². The van der Waals surface area contributed by atoms with Gasteiger partial charge in [-0.2, -0.15) is 0 Å². The van der Waals surface area contributed by atoms with E-state index in [2.05, 4.69) is 10.6 Å². The highest BCUT2D eigenvalue weighted by Gasteiger charge is 2.33. The average Bonchev–Trinajstić information content (AvgIpc) is 3.31. The van der Waals surface area contributed by atoms with E-state index < -0.39 is 9.84 Å².